The first-order valence-electron chi connectivity index (χ1n) is 7.44. The lowest BCUT2D eigenvalue weighted by Gasteiger charge is -2.24. The maximum Gasteiger partial charge on any atom is 0.325 e. The summed E-state index contributed by atoms with van der Waals surface area (Å²) in [5, 5.41) is 2.80. The van der Waals surface area contributed by atoms with Crippen molar-refractivity contribution in [3.05, 3.63) is 35.4 Å². The van der Waals surface area contributed by atoms with Crippen LogP contribution in [0.25, 0.3) is 0 Å². The average molecular weight is 304 g/mol. The Kier molecular flexibility index (Phi) is 4.29. The van der Waals surface area contributed by atoms with Gasteiger partial charge in [-0.25, -0.2) is 4.79 Å². The summed E-state index contributed by atoms with van der Waals surface area (Å²) in [5.41, 5.74) is 1.01. The highest BCUT2D eigenvalue weighted by atomic mass is 16.5. The van der Waals surface area contributed by atoms with E-state index >= 15 is 0 Å². The molecule has 1 unspecified atom stereocenters. The number of rotatable bonds is 4. The van der Waals surface area contributed by atoms with Crippen molar-refractivity contribution in [2.24, 2.45) is 0 Å². The highest BCUT2D eigenvalue weighted by molar-refractivity contribution is 6.07. The second-order valence-corrected chi connectivity index (χ2v) is 6.83. The van der Waals surface area contributed by atoms with Crippen LogP contribution in [0, 0.1) is 0 Å². The van der Waals surface area contributed by atoms with E-state index in [1.807, 2.05) is 24.3 Å². The lowest BCUT2D eigenvalue weighted by Crippen LogP contribution is -2.41. The quantitative estimate of drug-likeness (QED) is 0.869. The van der Waals surface area contributed by atoms with E-state index in [0.717, 1.165) is 5.56 Å². The first-order valence-corrected chi connectivity index (χ1v) is 7.44. The van der Waals surface area contributed by atoms with Gasteiger partial charge in [-0.15, -0.1) is 0 Å². The SMILES string of the molecule is COCCN1C(=O)NC(C)(c2ccc(C(C)(C)C)cc2)C1=O. The van der Waals surface area contributed by atoms with E-state index in [1.165, 1.54) is 10.5 Å². The van der Waals surface area contributed by atoms with Gasteiger partial charge < -0.3 is 10.1 Å². The number of nitrogens with one attached hydrogen (secondary N) is 1. The highest BCUT2D eigenvalue weighted by Gasteiger charge is 2.48. The number of nitrogens with zero attached hydrogens (tertiary/aromatic N) is 1. The Labute approximate surface area is 131 Å². The minimum Gasteiger partial charge on any atom is -0.383 e. The molecule has 0 aliphatic carbocycles. The molecular weight excluding hydrogens is 280 g/mol. The van der Waals surface area contributed by atoms with Gasteiger partial charge in [0.1, 0.15) is 5.54 Å². The smallest absolute Gasteiger partial charge is 0.325 e. The second-order valence-electron chi connectivity index (χ2n) is 6.83. The van der Waals surface area contributed by atoms with Crippen molar-refractivity contribution >= 4 is 11.9 Å². The molecule has 0 saturated carbocycles. The number of carbonyl (C=O) groups excluding carboxylic acids is 2. The summed E-state index contributed by atoms with van der Waals surface area (Å²) in [6, 6.07) is 7.48. The minimum absolute atomic E-state index is 0.0485. The summed E-state index contributed by atoms with van der Waals surface area (Å²) in [6.45, 7) is 8.75. The van der Waals surface area contributed by atoms with Crippen LogP contribution in [0.4, 0.5) is 4.79 Å². The van der Waals surface area contributed by atoms with Gasteiger partial charge in [0.2, 0.25) is 0 Å². The molecule has 2 rings (SSSR count). The Morgan fingerprint density at radius 2 is 1.77 bits per heavy atom. The van der Waals surface area contributed by atoms with E-state index in [0.29, 0.717) is 6.61 Å². The van der Waals surface area contributed by atoms with E-state index in [-0.39, 0.29) is 23.9 Å². The van der Waals surface area contributed by atoms with Crippen LogP contribution < -0.4 is 5.32 Å². The molecular formula is C17H24N2O3. The summed E-state index contributed by atoms with van der Waals surface area (Å²) in [4.78, 5) is 25.9. The number of ether oxygens (including phenoxy) is 1. The molecule has 0 radical (unpaired) electrons. The van der Waals surface area contributed by atoms with E-state index in [2.05, 4.69) is 26.1 Å². The summed E-state index contributed by atoms with van der Waals surface area (Å²) < 4.78 is 4.95. The molecule has 22 heavy (non-hydrogen) atoms. The van der Waals surface area contributed by atoms with Crippen molar-refractivity contribution in [1.29, 1.82) is 0 Å². The third kappa shape index (κ3) is 2.86. The van der Waals surface area contributed by atoms with Gasteiger partial charge in [0.05, 0.1) is 13.2 Å². The van der Waals surface area contributed by atoms with Crippen LogP contribution in [0.15, 0.2) is 24.3 Å². The number of urea groups is 1. The van der Waals surface area contributed by atoms with E-state index < -0.39 is 5.54 Å². The molecule has 5 nitrogen and oxygen atoms in total. The van der Waals surface area contributed by atoms with Crippen LogP contribution in [0.2, 0.25) is 0 Å². The summed E-state index contributed by atoms with van der Waals surface area (Å²) in [5.74, 6) is -0.238. The van der Waals surface area contributed by atoms with Crippen molar-refractivity contribution in [2.45, 2.75) is 38.6 Å². The molecule has 0 aromatic heterocycles. The third-order valence-electron chi connectivity index (χ3n) is 4.12. The molecule has 1 saturated heterocycles. The molecule has 1 heterocycles. The summed E-state index contributed by atoms with van der Waals surface area (Å²) >= 11 is 0. The normalized spacial score (nSPS) is 22.1. The fourth-order valence-electron chi connectivity index (χ4n) is 2.58. The highest BCUT2D eigenvalue weighted by Crippen LogP contribution is 2.30. The number of methoxy groups -OCH3 is 1. The number of imide groups is 1. The van der Waals surface area contributed by atoms with Gasteiger partial charge in [-0.05, 0) is 23.5 Å². The number of amides is 3. The van der Waals surface area contributed by atoms with E-state index in [1.54, 1.807) is 14.0 Å². The lowest BCUT2D eigenvalue weighted by atomic mass is 9.84. The van der Waals surface area contributed by atoms with Gasteiger partial charge in [-0.3, -0.25) is 9.69 Å². The molecule has 1 aliphatic heterocycles. The second kappa shape index (κ2) is 5.72. The van der Waals surface area contributed by atoms with Crippen LogP contribution in [-0.2, 0) is 20.5 Å². The molecule has 0 spiro atoms. The largest absolute Gasteiger partial charge is 0.383 e. The van der Waals surface area contributed by atoms with Crippen LogP contribution in [-0.4, -0.2) is 37.1 Å². The van der Waals surface area contributed by atoms with Crippen molar-refractivity contribution in [3.8, 4) is 0 Å². The fraction of sp³-hybridized carbons (Fsp3) is 0.529. The van der Waals surface area contributed by atoms with Gasteiger partial charge in [0.15, 0.2) is 0 Å². The zero-order valence-electron chi connectivity index (χ0n) is 13.9. The predicted octanol–water partition coefficient (Wildman–Crippen LogP) is 2.40. The maximum atomic E-state index is 12.6. The molecule has 0 bridgehead atoms. The standard InChI is InChI=1S/C17H24N2O3/c1-16(2,3)12-6-8-13(9-7-12)17(4)14(20)19(10-11-22-5)15(21)18-17/h6-9H,10-11H2,1-5H3,(H,18,21). The van der Waals surface area contributed by atoms with Gasteiger partial charge >= 0.3 is 6.03 Å². The van der Waals surface area contributed by atoms with Crippen molar-refractivity contribution in [3.63, 3.8) is 0 Å². The average Bonchev–Trinajstić information content (AvgIpc) is 2.67. The van der Waals surface area contributed by atoms with E-state index in [9.17, 15) is 9.59 Å². The monoisotopic (exact) mass is 304 g/mol. The van der Waals surface area contributed by atoms with Crippen LogP contribution in [0.1, 0.15) is 38.8 Å². The summed E-state index contributed by atoms with van der Waals surface area (Å²) in [6.07, 6.45) is 0. The third-order valence-corrected chi connectivity index (χ3v) is 4.12. The molecule has 1 aliphatic rings. The van der Waals surface area contributed by atoms with Gasteiger partial charge in [-0.1, -0.05) is 45.0 Å². The Bertz CT molecular complexity index is 575. The van der Waals surface area contributed by atoms with E-state index in [4.69, 9.17) is 4.74 Å². The predicted molar refractivity (Wildman–Crippen MR) is 84.6 cm³/mol. The first kappa shape index (κ1) is 16.5. The lowest BCUT2D eigenvalue weighted by molar-refractivity contribution is -0.131. The molecule has 1 fully saturated rings. The Hall–Kier alpha value is -1.88. The fourth-order valence-corrected chi connectivity index (χ4v) is 2.58. The zero-order valence-corrected chi connectivity index (χ0v) is 13.9. The molecule has 1 N–H and O–H groups in total. The Balaban J connectivity index is 2.28. The maximum absolute atomic E-state index is 12.6. The molecule has 1 atom stereocenters. The Morgan fingerprint density at radius 3 is 2.27 bits per heavy atom. The van der Waals surface area contributed by atoms with Crippen LogP contribution >= 0.6 is 0 Å². The van der Waals surface area contributed by atoms with Gasteiger partial charge in [0.25, 0.3) is 5.91 Å². The zero-order chi connectivity index (χ0) is 16.5. The van der Waals surface area contributed by atoms with Crippen LogP contribution in [0.5, 0.6) is 0 Å². The molecule has 5 heteroatoms. The van der Waals surface area contributed by atoms with Gasteiger partial charge in [-0.2, -0.15) is 0 Å². The number of hydrogen-bond donors (Lipinski definition) is 1. The molecule has 1 aromatic carbocycles. The Morgan fingerprint density at radius 1 is 1.18 bits per heavy atom. The minimum atomic E-state index is -1.01. The topological polar surface area (TPSA) is 58.6 Å². The van der Waals surface area contributed by atoms with Crippen molar-refractivity contribution < 1.29 is 14.3 Å². The molecule has 1 aromatic rings. The number of benzene rings is 1. The molecule has 3 amide bonds. The van der Waals surface area contributed by atoms with Crippen LogP contribution in [0.3, 0.4) is 0 Å². The number of carbonyl (C=O) groups is 2. The summed E-state index contributed by atoms with van der Waals surface area (Å²) in [7, 11) is 1.54. The molecule has 120 valence electrons. The van der Waals surface area contributed by atoms with Crippen molar-refractivity contribution in [2.75, 3.05) is 20.3 Å². The van der Waals surface area contributed by atoms with Crippen molar-refractivity contribution in [1.82, 2.24) is 10.2 Å². The van der Waals surface area contributed by atoms with Gasteiger partial charge in [0, 0.05) is 7.11 Å². The number of hydrogen-bond acceptors (Lipinski definition) is 3. The first-order chi connectivity index (χ1) is 10.2.